The smallest absolute Gasteiger partial charge is 0.305 e. The van der Waals surface area contributed by atoms with Gasteiger partial charge in [0.25, 0.3) is 0 Å². The van der Waals surface area contributed by atoms with Gasteiger partial charge in [-0.1, -0.05) is 0 Å². The lowest BCUT2D eigenvalue weighted by Gasteiger charge is -2.08. The first-order valence-corrected chi connectivity index (χ1v) is 3.79. The summed E-state index contributed by atoms with van der Waals surface area (Å²) in [7, 11) is 0. The van der Waals surface area contributed by atoms with Crippen LogP contribution in [-0.2, 0) is 4.79 Å². The number of rotatable bonds is 3. The summed E-state index contributed by atoms with van der Waals surface area (Å²) in [6.45, 7) is 0. The Balaban J connectivity index is 2.89. The monoisotopic (exact) mass is 202 g/mol. The molecule has 3 N–H and O–H groups in total. The van der Waals surface area contributed by atoms with Crippen molar-refractivity contribution in [1.82, 2.24) is 4.98 Å². The van der Waals surface area contributed by atoms with Crippen LogP contribution < -0.4 is 5.73 Å². The Morgan fingerprint density at radius 2 is 2.00 bits per heavy atom. The summed E-state index contributed by atoms with van der Waals surface area (Å²) in [5.74, 6) is -3.16. The van der Waals surface area contributed by atoms with E-state index in [0.717, 1.165) is 12.1 Å². The molecule has 0 amide bonds. The topological polar surface area (TPSA) is 76.2 Å². The van der Waals surface area contributed by atoms with Crippen LogP contribution in [0.3, 0.4) is 0 Å². The molecule has 6 heteroatoms. The fourth-order valence-electron chi connectivity index (χ4n) is 1.00. The van der Waals surface area contributed by atoms with Gasteiger partial charge in [-0.15, -0.1) is 0 Å². The Labute approximate surface area is 78.4 Å². The molecule has 0 aromatic carbocycles. The van der Waals surface area contributed by atoms with Crippen LogP contribution in [0.1, 0.15) is 18.0 Å². The number of hydrogen-bond acceptors (Lipinski definition) is 3. The molecule has 0 unspecified atom stereocenters. The van der Waals surface area contributed by atoms with Crippen LogP contribution in [0, 0.1) is 11.9 Å². The number of nitrogens with zero attached hydrogens (tertiary/aromatic N) is 1. The van der Waals surface area contributed by atoms with Crippen LogP contribution in [0.4, 0.5) is 8.78 Å². The fraction of sp³-hybridized carbons (Fsp3) is 0.250. The second kappa shape index (κ2) is 4.10. The Kier molecular flexibility index (Phi) is 3.08. The molecule has 0 saturated carbocycles. The van der Waals surface area contributed by atoms with Gasteiger partial charge in [-0.05, 0) is 17.7 Å². The van der Waals surface area contributed by atoms with Gasteiger partial charge in [0, 0.05) is 6.04 Å². The zero-order valence-corrected chi connectivity index (χ0v) is 7.08. The van der Waals surface area contributed by atoms with E-state index in [0.29, 0.717) is 0 Å². The molecule has 76 valence electrons. The number of nitrogens with two attached hydrogens (primary N) is 1. The highest BCUT2D eigenvalue weighted by Gasteiger charge is 2.13. The Morgan fingerprint density at radius 3 is 2.43 bits per heavy atom. The zero-order chi connectivity index (χ0) is 10.7. The molecule has 1 atom stereocenters. The first kappa shape index (κ1) is 10.5. The van der Waals surface area contributed by atoms with E-state index in [4.69, 9.17) is 10.8 Å². The van der Waals surface area contributed by atoms with Gasteiger partial charge in [0.05, 0.1) is 6.42 Å². The van der Waals surface area contributed by atoms with Crippen molar-refractivity contribution in [2.75, 3.05) is 0 Å². The molecule has 0 aliphatic rings. The van der Waals surface area contributed by atoms with E-state index in [1.54, 1.807) is 0 Å². The Hall–Kier alpha value is -1.56. The first-order valence-electron chi connectivity index (χ1n) is 3.79. The predicted octanol–water partition coefficient (Wildman–Crippen LogP) is 0.834. The maximum atomic E-state index is 12.6. The molecular weight excluding hydrogens is 194 g/mol. The van der Waals surface area contributed by atoms with E-state index in [2.05, 4.69) is 4.98 Å². The van der Waals surface area contributed by atoms with Gasteiger partial charge in [-0.3, -0.25) is 4.79 Å². The summed E-state index contributed by atoms with van der Waals surface area (Å²) in [4.78, 5) is 13.1. The number of aliphatic carboxylic acids is 1. The van der Waals surface area contributed by atoms with Gasteiger partial charge in [0.15, 0.2) is 0 Å². The van der Waals surface area contributed by atoms with Crippen LogP contribution in [0.15, 0.2) is 12.1 Å². The minimum atomic E-state index is -1.13. The second-order valence-corrected chi connectivity index (χ2v) is 2.75. The maximum absolute atomic E-state index is 12.6. The van der Waals surface area contributed by atoms with Gasteiger partial charge in [-0.2, -0.15) is 13.8 Å². The van der Waals surface area contributed by atoms with Crippen molar-refractivity contribution >= 4 is 5.97 Å². The molecule has 1 heterocycles. The van der Waals surface area contributed by atoms with Crippen molar-refractivity contribution in [1.29, 1.82) is 0 Å². The van der Waals surface area contributed by atoms with Crippen molar-refractivity contribution in [3.63, 3.8) is 0 Å². The van der Waals surface area contributed by atoms with Gasteiger partial charge in [0.2, 0.25) is 11.9 Å². The van der Waals surface area contributed by atoms with E-state index < -0.39 is 23.9 Å². The molecular formula is C8H8F2N2O2. The van der Waals surface area contributed by atoms with Crippen molar-refractivity contribution < 1.29 is 18.7 Å². The molecule has 4 nitrogen and oxygen atoms in total. The van der Waals surface area contributed by atoms with Gasteiger partial charge in [-0.25, -0.2) is 0 Å². The molecule has 0 fully saturated rings. The van der Waals surface area contributed by atoms with Crippen molar-refractivity contribution in [2.45, 2.75) is 12.5 Å². The fourth-order valence-corrected chi connectivity index (χ4v) is 1.00. The molecule has 1 rings (SSSR count). The highest BCUT2D eigenvalue weighted by molar-refractivity contribution is 5.67. The zero-order valence-electron chi connectivity index (χ0n) is 7.08. The summed E-state index contributed by atoms with van der Waals surface area (Å²) in [6, 6.07) is 0.896. The highest BCUT2D eigenvalue weighted by atomic mass is 19.1. The summed E-state index contributed by atoms with van der Waals surface area (Å²) in [6.07, 6.45) is -0.386. The Bertz CT molecular complexity index is 337. The molecule has 14 heavy (non-hydrogen) atoms. The summed E-state index contributed by atoms with van der Waals surface area (Å²) < 4.78 is 25.1. The third kappa shape index (κ3) is 2.74. The lowest BCUT2D eigenvalue weighted by atomic mass is 10.1. The molecule has 0 bridgehead atoms. The molecule has 0 aliphatic carbocycles. The van der Waals surface area contributed by atoms with Crippen LogP contribution >= 0.6 is 0 Å². The van der Waals surface area contributed by atoms with E-state index in [1.807, 2.05) is 0 Å². The summed E-state index contributed by atoms with van der Waals surface area (Å²) in [5.41, 5.74) is 5.47. The number of carboxylic acid groups (broad SMARTS) is 1. The molecule has 0 radical (unpaired) electrons. The van der Waals surface area contributed by atoms with Crippen LogP contribution in [0.5, 0.6) is 0 Å². The van der Waals surface area contributed by atoms with Gasteiger partial charge >= 0.3 is 5.97 Å². The quantitative estimate of drug-likeness (QED) is 0.712. The van der Waals surface area contributed by atoms with Crippen molar-refractivity contribution in [3.05, 3.63) is 29.6 Å². The molecule has 1 aromatic rings. The number of carbonyl (C=O) groups is 1. The maximum Gasteiger partial charge on any atom is 0.305 e. The average Bonchev–Trinajstić information content (AvgIpc) is 2.00. The molecule has 0 saturated heterocycles. The number of hydrogen-bond donors (Lipinski definition) is 2. The number of halogens is 2. The lowest BCUT2D eigenvalue weighted by molar-refractivity contribution is -0.137. The largest absolute Gasteiger partial charge is 0.481 e. The van der Waals surface area contributed by atoms with E-state index in [-0.39, 0.29) is 12.0 Å². The second-order valence-electron chi connectivity index (χ2n) is 2.75. The van der Waals surface area contributed by atoms with Gasteiger partial charge < -0.3 is 10.8 Å². The third-order valence-corrected chi connectivity index (χ3v) is 1.61. The van der Waals surface area contributed by atoms with Crippen LogP contribution in [0.2, 0.25) is 0 Å². The summed E-state index contributed by atoms with van der Waals surface area (Å²) >= 11 is 0. The van der Waals surface area contributed by atoms with Crippen molar-refractivity contribution in [3.8, 4) is 0 Å². The molecule has 0 aliphatic heterocycles. The third-order valence-electron chi connectivity index (χ3n) is 1.61. The lowest BCUT2D eigenvalue weighted by Crippen LogP contribution is -2.15. The standard InChI is InChI=1S/C8H8F2N2O2/c9-6-1-4(2-7(10)12-6)5(11)3-8(13)14/h1-2,5H,3,11H2,(H,13,14)/t5-/m1/s1. The van der Waals surface area contributed by atoms with Crippen LogP contribution in [0.25, 0.3) is 0 Å². The average molecular weight is 202 g/mol. The minimum absolute atomic E-state index is 0.0809. The van der Waals surface area contributed by atoms with E-state index in [1.165, 1.54) is 0 Å². The normalized spacial score (nSPS) is 12.5. The van der Waals surface area contributed by atoms with E-state index in [9.17, 15) is 13.6 Å². The number of pyridine rings is 1. The minimum Gasteiger partial charge on any atom is -0.481 e. The van der Waals surface area contributed by atoms with Crippen LogP contribution in [-0.4, -0.2) is 16.1 Å². The highest BCUT2D eigenvalue weighted by Crippen LogP contribution is 2.15. The van der Waals surface area contributed by atoms with E-state index >= 15 is 0 Å². The van der Waals surface area contributed by atoms with Crippen molar-refractivity contribution in [2.24, 2.45) is 5.73 Å². The number of aromatic nitrogens is 1. The first-order chi connectivity index (χ1) is 6.49. The van der Waals surface area contributed by atoms with Gasteiger partial charge in [0.1, 0.15) is 0 Å². The predicted molar refractivity (Wildman–Crippen MR) is 43.3 cm³/mol. The number of carboxylic acids is 1. The summed E-state index contributed by atoms with van der Waals surface area (Å²) in [5, 5.41) is 8.40. The molecule has 0 spiro atoms. The Morgan fingerprint density at radius 1 is 1.50 bits per heavy atom. The SMILES string of the molecule is N[C@H](CC(=O)O)c1cc(F)nc(F)c1. The molecule has 1 aromatic heterocycles.